The molecule has 0 saturated carbocycles. The Morgan fingerprint density at radius 3 is 2.96 bits per heavy atom. The number of aromatic nitrogens is 2. The van der Waals surface area contributed by atoms with Gasteiger partial charge in [0.2, 0.25) is 5.13 Å². The predicted molar refractivity (Wildman–Crippen MR) is 85.1 cm³/mol. The van der Waals surface area contributed by atoms with Gasteiger partial charge in [0, 0.05) is 19.7 Å². The summed E-state index contributed by atoms with van der Waals surface area (Å²) in [5.74, 6) is -0.0125. The van der Waals surface area contributed by atoms with E-state index >= 15 is 0 Å². The number of hydrogen-bond donors (Lipinski definition) is 0. The van der Waals surface area contributed by atoms with E-state index in [2.05, 4.69) is 15.1 Å². The molecule has 0 N–H and O–H groups in total. The van der Waals surface area contributed by atoms with Gasteiger partial charge in [-0.15, -0.1) is 10.2 Å². The largest absolute Gasteiger partial charge is 0.376 e. The predicted octanol–water partition coefficient (Wildman–Crippen LogP) is 1.38. The van der Waals surface area contributed by atoms with Gasteiger partial charge in [-0.05, 0) is 32.6 Å². The van der Waals surface area contributed by atoms with Gasteiger partial charge in [0.15, 0.2) is 0 Å². The van der Waals surface area contributed by atoms with Crippen LogP contribution in [0.15, 0.2) is 0 Å². The zero-order valence-electron chi connectivity index (χ0n) is 13.3. The Morgan fingerprint density at radius 1 is 1.30 bits per heavy atom. The topological polar surface area (TPSA) is 67.8 Å². The average Bonchev–Trinajstić information content (AvgIpc) is 3.22. The lowest BCUT2D eigenvalue weighted by Crippen LogP contribution is -2.54. The number of carbonyl (C=O) groups excluding carboxylic acids is 1. The molecule has 0 spiro atoms. The summed E-state index contributed by atoms with van der Waals surface area (Å²) in [6.45, 7) is 4.73. The summed E-state index contributed by atoms with van der Waals surface area (Å²) >= 11 is 1.58. The second-order valence-electron chi connectivity index (χ2n) is 6.43. The quantitative estimate of drug-likeness (QED) is 0.812. The van der Waals surface area contributed by atoms with E-state index in [-0.39, 0.29) is 17.9 Å². The van der Waals surface area contributed by atoms with Crippen molar-refractivity contribution in [3.05, 3.63) is 5.01 Å². The molecule has 0 radical (unpaired) electrons. The Balaban J connectivity index is 1.53. The van der Waals surface area contributed by atoms with E-state index in [1.807, 2.05) is 6.92 Å². The van der Waals surface area contributed by atoms with Crippen molar-refractivity contribution in [1.82, 2.24) is 15.3 Å². The number of anilines is 1. The molecule has 0 aliphatic carbocycles. The van der Waals surface area contributed by atoms with Crippen LogP contribution < -0.4 is 4.90 Å². The molecule has 0 aromatic carbocycles. The van der Waals surface area contributed by atoms with Crippen LogP contribution in [0, 0.1) is 12.8 Å². The van der Waals surface area contributed by atoms with Gasteiger partial charge in [-0.3, -0.25) is 9.63 Å². The first kappa shape index (κ1) is 15.3. The number of piperidine rings is 1. The van der Waals surface area contributed by atoms with Crippen molar-refractivity contribution in [3.8, 4) is 0 Å². The van der Waals surface area contributed by atoms with Crippen molar-refractivity contribution >= 4 is 22.4 Å². The smallest absolute Gasteiger partial charge is 0.251 e. The maximum absolute atomic E-state index is 12.8. The normalized spacial score (nSPS) is 31.3. The standard InChI is InChI=1S/C15H22N4O3S/c1-10-16-17-15(23-10)18-9-11(8-13-12(18)4-7-21-13)14(20)19-5-2-3-6-22-19/h11-13H,2-9H2,1H3/t11-,12+,13+/m1/s1. The Kier molecular flexibility index (Phi) is 4.21. The Labute approximate surface area is 139 Å². The van der Waals surface area contributed by atoms with Gasteiger partial charge in [-0.1, -0.05) is 11.3 Å². The number of ether oxygens (including phenoxy) is 1. The molecule has 1 amide bonds. The number of hydrogen-bond acceptors (Lipinski definition) is 7. The molecule has 3 aliphatic heterocycles. The SMILES string of the molecule is Cc1nnc(N2C[C@H](C(=O)N3CCCCO3)C[C@@H]3OCC[C@@H]32)s1. The molecule has 3 saturated heterocycles. The highest BCUT2D eigenvalue weighted by atomic mass is 32.1. The van der Waals surface area contributed by atoms with Crippen LogP contribution in [0.25, 0.3) is 0 Å². The monoisotopic (exact) mass is 338 g/mol. The number of rotatable bonds is 2. The summed E-state index contributed by atoms with van der Waals surface area (Å²) in [7, 11) is 0. The molecule has 4 rings (SSSR count). The fourth-order valence-corrected chi connectivity index (χ4v) is 4.48. The number of aryl methyl sites for hydroxylation is 1. The van der Waals surface area contributed by atoms with Crippen LogP contribution in [0.4, 0.5) is 5.13 Å². The van der Waals surface area contributed by atoms with Gasteiger partial charge in [-0.2, -0.15) is 0 Å². The molecule has 1 aromatic heterocycles. The van der Waals surface area contributed by atoms with Gasteiger partial charge in [0.25, 0.3) is 5.91 Å². The maximum Gasteiger partial charge on any atom is 0.251 e. The minimum Gasteiger partial charge on any atom is -0.376 e. The van der Waals surface area contributed by atoms with Crippen LogP contribution in [0.1, 0.15) is 30.7 Å². The lowest BCUT2D eigenvalue weighted by molar-refractivity contribution is -0.202. The van der Waals surface area contributed by atoms with Crippen LogP contribution >= 0.6 is 11.3 Å². The number of hydroxylamine groups is 2. The van der Waals surface area contributed by atoms with E-state index in [0.29, 0.717) is 25.7 Å². The van der Waals surface area contributed by atoms with E-state index in [9.17, 15) is 4.79 Å². The third-order valence-electron chi connectivity index (χ3n) is 4.87. The van der Waals surface area contributed by atoms with Crippen LogP contribution in [-0.4, -0.2) is 59.6 Å². The lowest BCUT2D eigenvalue weighted by atomic mass is 9.89. The molecule has 3 fully saturated rings. The third-order valence-corrected chi connectivity index (χ3v) is 5.74. The third kappa shape index (κ3) is 2.95. The van der Waals surface area contributed by atoms with Gasteiger partial charge in [0.05, 0.1) is 24.7 Å². The van der Waals surface area contributed by atoms with Crippen molar-refractivity contribution < 1.29 is 14.4 Å². The molecular formula is C15H22N4O3S. The number of fused-ring (bicyclic) bond motifs is 1. The second kappa shape index (κ2) is 6.33. The highest BCUT2D eigenvalue weighted by molar-refractivity contribution is 7.15. The molecule has 23 heavy (non-hydrogen) atoms. The van der Waals surface area contributed by atoms with Crippen molar-refractivity contribution in [2.75, 3.05) is 31.2 Å². The Bertz CT molecular complexity index is 575. The molecule has 1 aromatic rings. The fraction of sp³-hybridized carbons (Fsp3) is 0.800. The van der Waals surface area contributed by atoms with Crippen LogP contribution in [0.5, 0.6) is 0 Å². The van der Waals surface area contributed by atoms with Crippen LogP contribution in [0.3, 0.4) is 0 Å². The van der Waals surface area contributed by atoms with E-state index in [0.717, 1.165) is 42.4 Å². The zero-order chi connectivity index (χ0) is 15.8. The maximum atomic E-state index is 12.8. The molecule has 0 unspecified atom stereocenters. The van der Waals surface area contributed by atoms with Crippen molar-refractivity contribution in [3.63, 3.8) is 0 Å². The van der Waals surface area contributed by atoms with Crippen LogP contribution in [-0.2, 0) is 14.4 Å². The first-order valence-electron chi connectivity index (χ1n) is 8.35. The Morgan fingerprint density at radius 2 is 2.22 bits per heavy atom. The summed E-state index contributed by atoms with van der Waals surface area (Å²) in [6.07, 6.45) is 3.91. The first-order valence-corrected chi connectivity index (χ1v) is 9.16. The van der Waals surface area contributed by atoms with E-state index in [1.54, 1.807) is 16.4 Å². The van der Waals surface area contributed by atoms with Crippen LogP contribution in [0.2, 0.25) is 0 Å². The summed E-state index contributed by atoms with van der Waals surface area (Å²) in [5, 5.41) is 11.8. The molecule has 4 heterocycles. The van der Waals surface area contributed by atoms with Gasteiger partial charge >= 0.3 is 0 Å². The van der Waals surface area contributed by atoms with E-state index in [4.69, 9.17) is 9.57 Å². The highest BCUT2D eigenvalue weighted by Gasteiger charge is 2.44. The van der Waals surface area contributed by atoms with Crippen molar-refractivity contribution in [2.24, 2.45) is 5.92 Å². The summed E-state index contributed by atoms with van der Waals surface area (Å²) in [4.78, 5) is 20.6. The lowest BCUT2D eigenvalue weighted by Gasteiger charge is -2.41. The molecule has 126 valence electrons. The molecular weight excluding hydrogens is 316 g/mol. The Hall–Kier alpha value is -1.25. The molecule has 3 atom stereocenters. The first-order chi connectivity index (χ1) is 11.2. The number of amides is 1. The van der Waals surface area contributed by atoms with E-state index < -0.39 is 0 Å². The summed E-state index contributed by atoms with van der Waals surface area (Å²) in [6, 6.07) is 0.314. The summed E-state index contributed by atoms with van der Waals surface area (Å²) in [5.41, 5.74) is 0. The van der Waals surface area contributed by atoms with Crippen molar-refractivity contribution in [1.29, 1.82) is 0 Å². The summed E-state index contributed by atoms with van der Waals surface area (Å²) < 4.78 is 5.89. The molecule has 8 heteroatoms. The zero-order valence-corrected chi connectivity index (χ0v) is 14.1. The number of nitrogens with zero attached hydrogens (tertiary/aromatic N) is 4. The minimum atomic E-state index is -0.100. The fourth-order valence-electron chi connectivity index (χ4n) is 3.72. The van der Waals surface area contributed by atoms with Gasteiger partial charge in [0.1, 0.15) is 5.01 Å². The molecule has 7 nitrogen and oxygen atoms in total. The highest BCUT2D eigenvalue weighted by Crippen LogP contribution is 2.36. The van der Waals surface area contributed by atoms with Gasteiger partial charge in [-0.25, -0.2) is 5.06 Å². The second-order valence-corrected chi connectivity index (χ2v) is 7.59. The van der Waals surface area contributed by atoms with Gasteiger partial charge < -0.3 is 9.64 Å². The molecule has 3 aliphatic rings. The van der Waals surface area contributed by atoms with E-state index in [1.165, 1.54) is 0 Å². The van der Waals surface area contributed by atoms with Crippen molar-refractivity contribution in [2.45, 2.75) is 44.8 Å². The minimum absolute atomic E-state index is 0.0879. The molecule has 0 bridgehead atoms. The number of carbonyl (C=O) groups is 1. The average molecular weight is 338 g/mol.